The van der Waals surface area contributed by atoms with E-state index < -0.39 is 0 Å². The minimum Gasteiger partial charge on any atom is -0.395 e. The highest BCUT2D eigenvalue weighted by molar-refractivity contribution is 5.94. The second kappa shape index (κ2) is 6.50. The van der Waals surface area contributed by atoms with Crippen LogP contribution < -0.4 is 5.32 Å². The van der Waals surface area contributed by atoms with E-state index in [4.69, 9.17) is 0 Å². The quantitative estimate of drug-likeness (QED) is 0.694. The van der Waals surface area contributed by atoms with Crippen LogP contribution >= 0.6 is 0 Å². The van der Waals surface area contributed by atoms with Crippen molar-refractivity contribution in [2.24, 2.45) is 0 Å². The van der Waals surface area contributed by atoms with Crippen molar-refractivity contribution in [3.8, 4) is 0 Å². The van der Waals surface area contributed by atoms with Crippen LogP contribution in [0, 0.1) is 0 Å². The number of likely N-dealkylation sites (tertiary alicyclic amines) is 1. The molecule has 5 nitrogen and oxygen atoms in total. The average molecular weight is 267 g/mol. The third-order valence-corrected chi connectivity index (χ3v) is 4.26. The molecule has 0 aromatic carbocycles. The molecule has 0 saturated carbocycles. The molecule has 108 valence electrons. The largest absolute Gasteiger partial charge is 0.395 e. The zero-order chi connectivity index (χ0) is 13.8. The molecule has 2 aliphatic rings. The van der Waals surface area contributed by atoms with Gasteiger partial charge in [-0.2, -0.15) is 0 Å². The lowest BCUT2D eigenvalue weighted by Crippen LogP contribution is -2.48. The smallest absolute Gasteiger partial charge is 0.249 e. The fourth-order valence-corrected chi connectivity index (χ4v) is 2.75. The van der Waals surface area contributed by atoms with Crippen LogP contribution in [-0.2, 0) is 4.79 Å². The third kappa shape index (κ3) is 3.35. The monoisotopic (exact) mass is 267 g/mol. The fraction of sp³-hybridized carbons (Fsp3) is 0.786. The molecule has 2 fully saturated rings. The summed E-state index contributed by atoms with van der Waals surface area (Å²) in [7, 11) is 2.11. The maximum atomic E-state index is 12.6. The van der Waals surface area contributed by atoms with E-state index in [0.717, 1.165) is 44.6 Å². The molecule has 2 aliphatic heterocycles. The molecule has 2 saturated heterocycles. The van der Waals surface area contributed by atoms with E-state index in [9.17, 15) is 9.90 Å². The SMILES string of the molecule is CC(C(=O)N(CCO)C1CCN(C)CC1)=C1CNC1. The van der Waals surface area contributed by atoms with E-state index in [1.54, 1.807) is 0 Å². The van der Waals surface area contributed by atoms with E-state index in [-0.39, 0.29) is 18.6 Å². The maximum Gasteiger partial charge on any atom is 0.249 e. The zero-order valence-electron chi connectivity index (χ0n) is 12.0. The summed E-state index contributed by atoms with van der Waals surface area (Å²) in [6.45, 7) is 6.12. The topological polar surface area (TPSA) is 55.8 Å². The minimum absolute atomic E-state index is 0.0406. The van der Waals surface area contributed by atoms with Crippen molar-refractivity contribution >= 4 is 5.91 Å². The predicted octanol–water partition coefficient (Wildman–Crippen LogP) is -0.179. The van der Waals surface area contributed by atoms with Crippen molar-refractivity contribution in [2.45, 2.75) is 25.8 Å². The first-order chi connectivity index (χ1) is 9.13. The average Bonchev–Trinajstić information content (AvgIpc) is 2.34. The Balaban J connectivity index is 2.04. The third-order valence-electron chi connectivity index (χ3n) is 4.26. The van der Waals surface area contributed by atoms with Gasteiger partial charge in [-0.25, -0.2) is 0 Å². The van der Waals surface area contributed by atoms with Crippen LogP contribution in [0.3, 0.4) is 0 Å². The summed E-state index contributed by atoms with van der Waals surface area (Å²) in [6, 6.07) is 0.277. The van der Waals surface area contributed by atoms with Gasteiger partial charge in [-0.1, -0.05) is 0 Å². The minimum atomic E-state index is 0.0406. The lowest BCUT2D eigenvalue weighted by molar-refractivity contribution is -0.131. The number of amides is 1. The summed E-state index contributed by atoms with van der Waals surface area (Å²) in [5.41, 5.74) is 2.08. The Morgan fingerprint density at radius 1 is 1.42 bits per heavy atom. The molecule has 0 aliphatic carbocycles. The molecule has 19 heavy (non-hydrogen) atoms. The van der Waals surface area contributed by atoms with Crippen LogP contribution in [0.15, 0.2) is 11.1 Å². The van der Waals surface area contributed by atoms with E-state index in [1.165, 1.54) is 5.57 Å². The Labute approximate surface area is 115 Å². The molecule has 0 atom stereocenters. The van der Waals surface area contributed by atoms with Gasteiger partial charge in [0.2, 0.25) is 5.91 Å². The molecule has 5 heteroatoms. The van der Waals surface area contributed by atoms with Crippen molar-refractivity contribution in [2.75, 3.05) is 46.4 Å². The molecular weight excluding hydrogens is 242 g/mol. The summed E-state index contributed by atoms with van der Waals surface area (Å²) < 4.78 is 0. The molecule has 0 spiro atoms. The van der Waals surface area contributed by atoms with E-state index in [2.05, 4.69) is 17.3 Å². The summed E-state index contributed by atoms with van der Waals surface area (Å²) >= 11 is 0. The van der Waals surface area contributed by atoms with Crippen LogP contribution in [0.1, 0.15) is 19.8 Å². The van der Waals surface area contributed by atoms with Crippen molar-refractivity contribution in [3.05, 3.63) is 11.1 Å². The Kier molecular flexibility index (Phi) is 4.96. The van der Waals surface area contributed by atoms with Gasteiger partial charge in [0, 0.05) is 31.2 Å². The van der Waals surface area contributed by atoms with Gasteiger partial charge >= 0.3 is 0 Å². The molecule has 2 rings (SSSR count). The molecule has 2 N–H and O–H groups in total. The number of carbonyl (C=O) groups is 1. The number of carbonyl (C=O) groups excluding carboxylic acids is 1. The number of aliphatic hydroxyl groups excluding tert-OH is 1. The lowest BCUT2D eigenvalue weighted by Gasteiger charge is -2.38. The van der Waals surface area contributed by atoms with Gasteiger partial charge in [0.05, 0.1) is 6.61 Å². The van der Waals surface area contributed by atoms with Gasteiger partial charge in [-0.15, -0.1) is 0 Å². The molecule has 0 aromatic heterocycles. The van der Waals surface area contributed by atoms with E-state index >= 15 is 0 Å². The van der Waals surface area contributed by atoms with Gasteiger partial charge in [0.25, 0.3) is 0 Å². The van der Waals surface area contributed by atoms with Crippen LogP contribution in [-0.4, -0.2) is 73.2 Å². The number of hydrogen-bond donors (Lipinski definition) is 2. The molecule has 0 aromatic rings. The Bertz CT molecular complexity index is 354. The fourth-order valence-electron chi connectivity index (χ4n) is 2.75. The number of nitrogens with one attached hydrogen (secondary N) is 1. The number of piperidine rings is 1. The number of nitrogens with zero attached hydrogens (tertiary/aromatic N) is 2. The van der Waals surface area contributed by atoms with E-state index in [1.807, 2.05) is 11.8 Å². The first kappa shape index (κ1) is 14.5. The summed E-state index contributed by atoms with van der Waals surface area (Å²) in [5.74, 6) is 0.111. The second-order valence-electron chi connectivity index (χ2n) is 5.59. The number of hydrogen-bond acceptors (Lipinski definition) is 4. The highest BCUT2D eigenvalue weighted by atomic mass is 16.3. The zero-order valence-corrected chi connectivity index (χ0v) is 12.0. The first-order valence-corrected chi connectivity index (χ1v) is 7.13. The second-order valence-corrected chi connectivity index (χ2v) is 5.59. The molecule has 0 radical (unpaired) electrons. The summed E-state index contributed by atoms with van der Waals surface area (Å²) in [6.07, 6.45) is 2.01. The maximum absolute atomic E-state index is 12.6. The van der Waals surface area contributed by atoms with Crippen molar-refractivity contribution in [3.63, 3.8) is 0 Å². The Morgan fingerprint density at radius 3 is 2.53 bits per heavy atom. The van der Waals surface area contributed by atoms with Gasteiger partial charge in [-0.3, -0.25) is 4.79 Å². The van der Waals surface area contributed by atoms with Crippen LogP contribution in [0.4, 0.5) is 0 Å². The molecular formula is C14H25N3O2. The Morgan fingerprint density at radius 2 is 2.05 bits per heavy atom. The van der Waals surface area contributed by atoms with E-state index in [0.29, 0.717) is 6.54 Å². The van der Waals surface area contributed by atoms with Crippen LogP contribution in [0.2, 0.25) is 0 Å². The van der Waals surface area contributed by atoms with Gasteiger partial charge in [0.15, 0.2) is 0 Å². The predicted molar refractivity (Wildman–Crippen MR) is 74.9 cm³/mol. The van der Waals surface area contributed by atoms with Gasteiger partial charge < -0.3 is 20.2 Å². The summed E-state index contributed by atoms with van der Waals surface area (Å²) in [5, 5.41) is 12.4. The standard InChI is InChI=1S/C14H25N3O2/c1-11(12-9-15-10-12)14(19)17(7-8-18)13-3-5-16(2)6-4-13/h13,15,18H,3-10H2,1-2H3. The van der Waals surface area contributed by atoms with Crippen molar-refractivity contribution < 1.29 is 9.90 Å². The van der Waals surface area contributed by atoms with Crippen LogP contribution in [0.5, 0.6) is 0 Å². The molecule has 0 bridgehead atoms. The lowest BCUT2D eigenvalue weighted by atomic mass is 9.99. The highest BCUT2D eigenvalue weighted by Gasteiger charge is 2.28. The normalized spacial score (nSPS) is 21.1. The van der Waals surface area contributed by atoms with Gasteiger partial charge in [0.1, 0.15) is 0 Å². The number of aliphatic hydroxyl groups is 1. The van der Waals surface area contributed by atoms with Crippen LogP contribution in [0.25, 0.3) is 0 Å². The highest BCUT2D eigenvalue weighted by Crippen LogP contribution is 2.19. The van der Waals surface area contributed by atoms with Gasteiger partial charge in [-0.05, 0) is 45.5 Å². The molecule has 2 heterocycles. The number of rotatable bonds is 4. The molecule has 1 amide bonds. The van der Waals surface area contributed by atoms with Crippen molar-refractivity contribution in [1.29, 1.82) is 0 Å². The first-order valence-electron chi connectivity index (χ1n) is 7.13. The van der Waals surface area contributed by atoms with Crippen molar-refractivity contribution in [1.82, 2.24) is 15.1 Å². The summed E-state index contributed by atoms with van der Waals surface area (Å²) in [4.78, 5) is 16.7. The Hall–Kier alpha value is -0.910. The molecule has 0 unspecified atom stereocenters.